The topological polar surface area (TPSA) is 47.7 Å². The number of carbonyl (C=O) groups is 1. The summed E-state index contributed by atoms with van der Waals surface area (Å²) < 4.78 is 9.80. The van der Waals surface area contributed by atoms with Gasteiger partial charge < -0.3 is 14.6 Å². The van der Waals surface area contributed by atoms with Crippen LogP contribution in [0.4, 0.5) is 5.69 Å². The van der Waals surface area contributed by atoms with Crippen molar-refractivity contribution in [2.24, 2.45) is 0 Å². The fourth-order valence-electron chi connectivity index (χ4n) is 5.34. The van der Waals surface area contributed by atoms with Crippen LogP contribution in [0.3, 0.4) is 0 Å². The fourth-order valence-corrected chi connectivity index (χ4v) is 5.34. The molecule has 5 aromatic rings. The summed E-state index contributed by atoms with van der Waals surface area (Å²) in [7, 11) is 1.64. The molecule has 5 nitrogen and oxygen atoms in total. The number of imidazole rings is 1. The summed E-state index contributed by atoms with van der Waals surface area (Å²) in [6.45, 7) is 3.02. The van der Waals surface area contributed by atoms with Crippen molar-refractivity contribution in [2.75, 3.05) is 12.4 Å². The van der Waals surface area contributed by atoms with Gasteiger partial charge >= 0.3 is 0 Å². The molecule has 5 heteroatoms. The molecule has 36 heavy (non-hydrogen) atoms. The SMILES string of the molecule is COc1ccc(NC(=O)c2c(-c3ccc(C)cc3)c3c4n(c(-c5ccccc5)cn24)CCCC3)cc1. The van der Waals surface area contributed by atoms with E-state index in [1.165, 1.54) is 11.1 Å². The molecule has 0 saturated heterocycles. The standard InChI is InChI=1S/C31H29N3O2/c1-21-11-13-23(14-12-21)28-26-10-6-7-19-33-27(22-8-4-3-5-9-22)20-34(31(26)33)29(28)30(35)32-24-15-17-25(36-2)18-16-24/h3-5,8-9,11-18,20H,6-7,10,19H2,1-2H3,(H,32,35). The Balaban J connectivity index is 1.57. The number of aryl methyl sites for hydroxylation is 3. The zero-order chi connectivity index (χ0) is 24.6. The summed E-state index contributed by atoms with van der Waals surface area (Å²) in [5.41, 5.74) is 9.41. The predicted molar refractivity (Wildman–Crippen MR) is 145 cm³/mol. The number of carbonyl (C=O) groups excluding carboxylic acids is 1. The third-order valence-electron chi connectivity index (χ3n) is 7.11. The highest BCUT2D eigenvalue weighted by Gasteiger charge is 2.29. The number of nitrogens with one attached hydrogen (secondary N) is 1. The van der Waals surface area contributed by atoms with Crippen molar-refractivity contribution < 1.29 is 9.53 Å². The molecular formula is C31H29N3O2. The summed E-state index contributed by atoms with van der Waals surface area (Å²) >= 11 is 0. The number of amides is 1. The van der Waals surface area contributed by atoms with Crippen LogP contribution in [0.15, 0.2) is 85.1 Å². The number of hydrogen-bond donors (Lipinski definition) is 1. The number of hydrogen-bond acceptors (Lipinski definition) is 2. The van der Waals surface area contributed by atoms with E-state index < -0.39 is 0 Å². The fraction of sp³-hybridized carbons (Fsp3) is 0.194. The highest BCUT2D eigenvalue weighted by molar-refractivity contribution is 6.10. The van der Waals surface area contributed by atoms with Gasteiger partial charge in [-0.3, -0.25) is 9.20 Å². The van der Waals surface area contributed by atoms with Crippen LogP contribution in [0.2, 0.25) is 0 Å². The van der Waals surface area contributed by atoms with Crippen LogP contribution in [0.25, 0.3) is 28.0 Å². The molecule has 2 aromatic heterocycles. The normalized spacial score (nSPS) is 12.9. The maximum atomic E-state index is 14.0. The molecule has 0 atom stereocenters. The van der Waals surface area contributed by atoms with E-state index in [9.17, 15) is 4.79 Å². The third-order valence-corrected chi connectivity index (χ3v) is 7.11. The molecule has 0 fully saturated rings. The second kappa shape index (κ2) is 9.08. The Morgan fingerprint density at radius 3 is 2.36 bits per heavy atom. The second-order valence-corrected chi connectivity index (χ2v) is 9.43. The Morgan fingerprint density at radius 1 is 0.889 bits per heavy atom. The Hall–Kier alpha value is -4.25. The minimum Gasteiger partial charge on any atom is -0.497 e. The molecule has 0 aliphatic carbocycles. The predicted octanol–water partition coefficient (Wildman–Crippen LogP) is 6.98. The van der Waals surface area contributed by atoms with Crippen molar-refractivity contribution in [1.29, 1.82) is 0 Å². The van der Waals surface area contributed by atoms with Crippen molar-refractivity contribution >= 4 is 17.2 Å². The van der Waals surface area contributed by atoms with Gasteiger partial charge in [0.15, 0.2) is 0 Å². The summed E-state index contributed by atoms with van der Waals surface area (Å²) in [5, 5.41) is 3.14. The van der Waals surface area contributed by atoms with Crippen LogP contribution in [0.5, 0.6) is 5.75 Å². The lowest BCUT2D eigenvalue weighted by Crippen LogP contribution is -2.15. The van der Waals surface area contributed by atoms with E-state index in [4.69, 9.17) is 4.74 Å². The zero-order valence-electron chi connectivity index (χ0n) is 20.6. The number of nitrogens with zero attached hydrogens (tertiary/aromatic N) is 2. The Morgan fingerprint density at radius 2 is 1.64 bits per heavy atom. The largest absolute Gasteiger partial charge is 0.497 e. The molecule has 0 saturated carbocycles. The lowest BCUT2D eigenvalue weighted by atomic mass is 9.97. The van der Waals surface area contributed by atoms with Crippen LogP contribution in [0.1, 0.15) is 34.5 Å². The lowest BCUT2D eigenvalue weighted by molar-refractivity contribution is 0.102. The Bertz CT molecular complexity index is 1540. The summed E-state index contributed by atoms with van der Waals surface area (Å²) in [6.07, 6.45) is 5.29. The first kappa shape index (κ1) is 22.2. The number of anilines is 1. The molecule has 0 bridgehead atoms. The Kier molecular flexibility index (Phi) is 5.61. The quantitative estimate of drug-likeness (QED) is 0.298. The minimum absolute atomic E-state index is 0.116. The van der Waals surface area contributed by atoms with Crippen molar-refractivity contribution in [2.45, 2.75) is 32.7 Å². The number of benzene rings is 3. The number of rotatable bonds is 5. The molecule has 3 aromatic carbocycles. The van der Waals surface area contributed by atoms with Crippen molar-refractivity contribution in [3.8, 4) is 28.1 Å². The first-order chi connectivity index (χ1) is 17.6. The first-order valence-corrected chi connectivity index (χ1v) is 12.5. The average molecular weight is 476 g/mol. The van der Waals surface area contributed by atoms with Gasteiger partial charge in [0.2, 0.25) is 0 Å². The molecule has 0 unspecified atom stereocenters. The zero-order valence-corrected chi connectivity index (χ0v) is 20.6. The van der Waals surface area contributed by atoms with Crippen molar-refractivity contribution in [1.82, 2.24) is 8.97 Å². The van der Waals surface area contributed by atoms with Crippen molar-refractivity contribution in [3.63, 3.8) is 0 Å². The Labute approximate surface area is 211 Å². The second-order valence-electron chi connectivity index (χ2n) is 9.43. The molecule has 1 aliphatic heterocycles. The molecule has 0 radical (unpaired) electrons. The molecule has 1 aliphatic rings. The minimum atomic E-state index is -0.116. The average Bonchev–Trinajstić information content (AvgIpc) is 3.33. The van der Waals surface area contributed by atoms with Crippen LogP contribution in [0, 0.1) is 6.92 Å². The van der Waals surface area contributed by atoms with Crippen LogP contribution in [-0.2, 0) is 13.0 Å². The molecular weight excluding hydrogens is 446 g/mol. The van der Waals surface area contributed by atoms with Crippen LogP contribution >= 0.6 is 0 Å². The van der Waals surface area contributed by atoms with Gasteiger partial charge in [0.25, 0.3) is 5.91 Å². The lowest BCUT2D eigenvalue weighted by Gasteiger charge is -2.11. The maximum Gasteiger partial charge on any atom is 0.273 e. The van der Waals surface area contributed by atoms with Gasteiger partial charge in [-0.05, 0) is 61.6 Å². The van der Waals surface area contributed by atoms with E-state index in [-0.39, 0.29) is 5.91 Å². The highest BCUT2D eigenvalue weighted by atomic mass is 16.5. The molecule has 1 N–H and O–H groups in total. The summed E-state index contributed by atoms with van der Waals surface area (Å²) in [6, 6.07) is 26.4. The molecule has 1 amide bonds. The van der Waals surface area contributed by atoms with Crippen LogP contribution < -0.4 is 10.1 Å². The van der Waals surface area contributed by atoms with E-state index in [1.807, 2.05) is 30.3 Å². The van der Waals surface area contributed by atoms with E-state index in [0.29, 0.717) is 5.69 Å². The van der Waals surface area contributed by atoms with Crippen LogP contribution in [-0.4, -0.2) is 22.0 Å². The van der Waals surface area contributed by atoms with Gasteiger partial charge in [-0.1, -0.05) is 60.2 Å². The van der Waals surface area contributed by atoms with E-state index in [0.717, 1.165) is 65.3 Å². The van der Waals surface area contributed by atoms with Gasteiger partial charge in [0.05, 0.1) is 12.8 Å². The van der Waals surface area contributed by atoms with E-state index in [2.05, 4.69) is 75.9 Å². The monoisotopic (exact) mass is 475 g/mol. The van der Waals surface area contributed by atoms with E-state index >= 15 is 0 Å². The number of aromatic nitrogens is 2. The molecule has 180 valence electrons. The third kappa shape index (κ3) is 3.77. The summed E-state index contributed by atoms with van der Waals surface area (Å²) in [4.78, 5) is 14.0. The van der Waals surface area contributed by atoms with Gasteiger partial charge in [-0.2, -0.15) is 0 Å². The van der Waals surface area contributed by atoms with Gasteiger partial charge in [0, 0.05) is 29.6 Å². The molecule has 0 spiro atoms. The molecule has 3 heterocycles. The maximum absolute atomic E-state index is 14.0. The number of ether oxygens (including phenoxy) is 1. The molecule has 6 rings (SSSR count). The van der Waals surface area contributed by atoms with Gasteiger partial charge in [-0.25, -0.2) is 0 Å². The summed E-state index contributed by atoms with van der Waals surface area (Å²) in [5.74, 6) is 0.641. The van der Waals surface area contributed by atoms with Gasteiger partial charge in [0.1, 0.15) is 17.1 Å². The first-order valence-electron chi connectivity index (χ1n) is 12.5. The van der Waals surface area contributed by atoms with Crippen molar-refractivity contribution in [3.05, 3.63) is 102 Å². The number of methoxy groups -OCH3 is 1. The van der Waals surface area contributed by atoms with E-state index in [1.54, 1.807) is 7.11 Å². The highest BCUT2D eigenvalue weighted by Crippen LogP contribution is 2.39. The van der Waals surface area contributed by atoms with Gasteiger partial charge in [-0.15, -0.1) is 0 Å². The smallest absolute Gasteiger partial charge is 0.273 e.